The zero-order valence-electron chi connectivity index (χ0n) is 14.5. The molecule has 0 aliphatic heterocycles. The Morgan fingerprint density at radius 2 is 1.81 bits per heavy atom. The molecule has 3 aromatic carbocycles. The lowest BCUT2D eigenvalue weighted by atomic mass is 10.1. The Kier molecular flexibility index (Phi) is 5.14. The Balaban J connectivity index is 2.18. The number of fused-ring (bicyclic) bond motifs is 1. The summed E-state index contributed by atoms with van der Waals surface area (Å²) in [6, 6.07) is 16.6. The van der Waals surface area contributed by atoms with Crippen LogP contribution in [-0.4, -0.2) is 13.0 Å². The number of hydrogen-bond acceptors (Lipinski definition) is 4. The van der Waals surface area contributed by atoms with E-state index < -0.39 is 5.97 Å². The van der Waals surface area contributed by atoms with Crippen molar-refractivity contribution in [3.8, 4) is 17.2 Å². The fourth-order valence-corrected chi connectivity index (χ4v) is 2.69. The molecule has 5 heteroatoms. The Morgan fingerprint density at radius 3 is 2.46 bits per heavy atom. The maximum atomic E-state index is 12.1. The first-order valence-corrected chi connectivity index (χ1v) is 8.42. The summed E-state index contributed by atoms with van der Waals surface area (Å²) < 4.78 is 11.6. The molecule has 3 rings (SSSR count). The summed E-state index contributed by atoms with van der Waals surface area (Å²) in [7, 11) is 1.75. The molecular weight excluding hydrogens is 350 g/mol. The second-order valence-corrected chi connectivity index (χ2v) is 6.21. The van der Waals surface area contributed by atoms with Crippen molar-refractivity contribution < 1.29 is 14.3 Å². The molecule has 0 aliphatic carbocycles. The second kappa shape index (κ2) is 7.50. The highest BCUT2D eigenvalue weighted by Crippen LogP contribution is 2.42. The SMILES string of the molecule is C=C(C)C(=O)Oc1c(NC)cc(Oc2ccccc2)c2cc(Cl)ccc12. The molecule has 0 bridgehead atoms. The molecule has 0 aliphatic rings. The molecule has 1 N–H and O–H groups in total. The molecule has 0 aromatic heterocycles. The molecule has 0 fully saturated rings. The Bertz CT molecular complexity index is 983. The Morgan fingerprint density at radius 1 is 1.08 bits per heavy atom. The summed E-state index contributed by atoms with van der Waals surface area (Å²) >= 11 is 6.18. The average Bonchev–Trinajstić information content (AvgIpc) is 2.64. The normalized spacial score (nSPS) is 10.4. The van der Waals surface area contributed by atoms with Crippen LogP contribution < -0.4 is 14.8 Å². The molecule has 0 radical (unpaired) electrons. The summed E-state index contributed by atoms with van der Waals surface area (Å²) in [6.45, 7) is 5.24. The highest BCUT2D eigenvalue weighted by molar-refractivity contribution is 6.31. The van der Waals surface area contributed by atoms with Gasteiger partial charge in [-0.2, -0.15) is 0 Å². The number of anilines is 1. The maximum Gasteiger partial charge on any atom is 0.338 e. The molecule has 132 valence electrons. The number of carbonyl (C=O) groups is 1. The third kappa shape index (κ3) is 3.65. The zero-order valence-corrected chi connectivity index (χ0v) is 15.3. The monoisotopic (exact) mass is 367 g/mol. The van der Waals surface area contributed by atoms with Gasteiger partial charge < -0.3 is 14.8 Å². The predicted molar refractivity (Wildman–Crippen MR) is 105 cm³/mol. The van der Waals surface area contributed by atoms with Crippen LogP contribution in [0.2, 0.25) is 5.02 Å². The fraction of sp³-hybridized carbons (Fsp3) is 0.0952. The van der Waals surface area contributed by atoms with Gasteiger partial charge in [-0.15, -0.1) is 0 Å². The van der Waals surface area contributed by atoms with Crippen molar-refractivity contribution in [1.29, 1.82) is 0 Å². The standard InChI is InChI=1S/C21H18ClNO3/c1-13(2)21(24)26-20-16-10-9-14(22)11-17(16)19(12-18(20)23-3)25-15-7-5-4-6-8-15/h4-12,23H,1H2,2-3H3. The third-order valence-electron chi connectivity index (χ3n) is 3.80. The summed E-state index contributed by atoms with van der Waals surface area (Å²) in [5.41, 5.74) is 0.944. The van der Waals surface area contributed by atoms with Gasteiger partial charge in [-0.3, -0.25) is 0 Å². The van der Waals surface area contributed by atoms with Gasteiger partial charge in [-0.1, -0.05) is 36.4 Å². The van der Waals surface area contributed by atoms with Gasteiger partial charge in [0.25, 0.3) is 0 Å². The lowest BCUT2D eigenvalue weighted by Gasteiger charge is -2.17. The van der Waals surface area contributed by atoms with Gasteiger partial charge in [0.05, 0.1) is 5.69 Å². The molecule has 0 saturated carbocycles. The summed E-state index contributed by atoms with van der Waals surface area (Å²) in [4.78, 5) is 12.1. The number of ether oxygens (including phenoxy) is 2. The van der Waals surface area contributed by atoms with Crippen molar-refractivity contribution in [2.24, 2.45) is 0 Å². The quantitative estimate of drug-likeness (QED) is 0.351. The van der Waals surface area contributed by atoms with E-state index in [0.29, 0.717) is 38.9 Å². The first-order valence-electron chi connectivity index (χ1n) is 8.04. The number of hydrogen-bond donors (Lipinski definition) is 1. The van der Waals surface area contributed by atoms with Crippen LogP contribution in [0.4, 0.5) is 5.69 Å². The first kappa shape index (κ1) is 17.8. The van der Waals surface area contributed by atoms with E-state index in [-0.39, 0.29) is 0 Å². The maximum absolute atomic E-state index is 12.1. The van der Waals surface area contributed by atoms with Gasteiger partial charge in [0, 0.05) is 34.5 Å². The van der Waals surface area contributed by atoms with Crippen molar-refractivity contribution in [2.45, 2.75) is 6.92 Å². The summed E-state index contributed by atoms with van der Waals surface area (Å²) in [5, 5.41) is 5.06. The van der Waals surface area contributed by atoms with E-state index >= 15 is 0 Å². The van der Waals surface area contributed by atoms with Crippen molar-refractivity contribution in [3.05, 3.63) is 71.8 Å². The smallest absolute Gasteiger partial charge is 0.338 e. The topological polar surface area (TPSA) is 47.6 Å². The van der Waals surface area contributed by atoms with Crippen LogP contribution in [0.5, 0.6) is 17.2 Å². The van der Waals surface area contributed by atoms with E-state index in [1.165, 1.54) is 0 Å². The highest BCUT2D eigenvalue weighted by Gasteiger charge is 2.18. The Hall–Kier alpha value is -2.98. The molecule has 0 atom stereocenters. The van der Waals surface area contributed by atoms with Gasteiger partial charge in [0.15, 0.2) is 5.75 Å². The van der Waals surface area contributed by atoms with Gasteiger partial charge in [0.2, 0.25) is 0 Å². The molecule has 0 unspecified atom stereocenters. The minimum absolute atomic E-state index is 0.318. The van der Waals surface area contributed by atoms with Crippen molar-refractivity contribution in [3.63, 3.8) is 0 Å². The van der Waals surface area contributed by atoms with Gasteiger partial charge in [-0.25, -0.2) is 4.79 Å². The molecule has 0 heterocycles. The molecule has 3 aromatic rings. The van der Waals surface area contributed by atoms with Crippen LogP contribution in [0.1, 0.15) is 6.92 Å². The van der Waals surface area contributed by atoms with Crippen LogP contribution in [0.25, 0.3) is 10.8 Å². The minimum atomic E-state index is -0.491. The lowest BCUT2D eigenvalue weighted by molar-refractivity contribution is -0.129. The van der Waals surface area contributed by atoms with Crippen LogP contribution >= 0.6 is 11.6 Å². The van der Waals surface area contributed by atoms with Gasteiger partial charge in [0.1, 0.15) is 11.5 Å². The van der Waals surface area contributed by atoms with Gasteiger partial charge >= 0.3 is 5.97 Å². The van der Waals surface area contributed by atoms with E-state index in [9.17, 15) is 4.79 Å². The first-order chi connectivity index (χ1) is 12.5. The number of benzene rings is 3. The van der Waals surface area contributed by atoms with Crippen molar-refractivity contribution in [1.82, 2.24) is 0 Å². The van der Waals surface area contributed by atoms with Crippen molar-refractivity contribution >= 4 is 34.0 Å². The number of rotatable bonds is 5. The highest BCUT2D eigenvalue weighted by atomic mass is 35.5. The molecule has 0 saturated heterocycles. The van der Waals surface area contributed by atoms with E-state index in [0.717, 1.165) is 5.39 Å². The van der Waals surface area contributed by atoms with Crippen molar-refractivity contribution in [2.75, 3.05) is 12.4 Å². The number of nitrogens with one attached hydrogen (secondary N) is 1. The number of esters is 1. The lowest BCUT2D eigenvalue weighted by Crippen LogP contribution is -2.10. The third-order valence-corrected chi connectivity index (χ3v) is 4.03. The predicted octanol–water partition coefficient (Wildman–Crippen LogP) is 5.81. The minimum Gasteiger partial charge on any atom is -0.457 e. The molecular formula is C21H18ClNO3. The van der Waals surface area contributed by atoms with Crippen LogP contribution in [0, 0.1) is 0 Å². The fourth-order valence-electron chi connectivity index (χ4n) is 2.51. The number of halogens is 1. The van der Waals surface area contributed by atoms with Gasteiger partial charge in [-0.05, 0) is 37.3 Å². The van der Waals surface area contributed by atoms with E-state index in [4.69, 9.17) is 21.1 Å². The van der Waals surface area contributed by atoms with E-state index in [2.05, 4.69) is 11.9 Å². The second-order valence-electron chi connectivity index (χ2n) is 5.78. The van der Waals surface area contributed by atoms with Crippen LogP contribution in [0.3, 0.4) is 0 Å². The van der Waals surface area contributed by atoms with Crippen LogP contribution in [0.15, 0.2) is 66.7 Å². The van der Waals surface area contributed by atoms with Crippen LogP contribution in [-0.2, 0) is 4.79 Å². The van der Waals surface area contributed by atoms with E-state index in [1.54, 1.807) is 38.2 Å². The summed E-state index contributed by atoms with van der Waals surface area (Å²) in [5.74, 6) is 1.22. The summed E-state index contributed by atoms with van der Waals surface area (Å²) in [6.07, 6.45) is 0. The largest absolute Gasteiger partial charge is 0.457 e. The molecule has 26 heavy (non-hydrogen) atoms. The molecule has 4 nitrogen and oxygen atoms in total. The molecule has 0 amide bonds. The number of carbonyl (C=O) groups excluding carboxylic acids is 1. The number of para-hydroxylation sites is 1. The van der Waals surface area contributed by atoms with E-state index in [1.807, 2.05) is 30.3 Å². The average molecular weight is 368 g/mol. The molecule has 0 spiro atoms. The Labute approximate surface area is 157 Å². The zero-order chi connectivity index (χ0) is 18.7.